The molecule has 2 aliphatic rings. The molecule has 3 aromatic rings. The average Bonchev–Trinajstić information content (AvgIpc) is 3.21. The number of rotatable bonds is 5. The lowest BCUT2D eigenvalue weighted by atomic mass is 9.91. The van der Waals surface area contributed by atoms with Gasteiger partial charge >= 0.3 is 0 Å². The minimum atomic E-state index is -1.02. The number of benzene rings is 2. The number of methoxy groups -OCH3 is 1. The number of ether oxygens (including phenoxy) is 1. The maximum atomic E-state index is 14.1. The van der Waals surface area contributed by atoms with E-state index >= 15 is 0 Å². The van der Waals surface area contributed by atoms with Gasteiger partial charge in [0.15, 0.2) is 0 Å². The van der Waals surface area contributed by atoms with Gasteiger partial charge < -0.3 is 19.5 Å². The van der Waals surface area contributed by atoms with Crippen molar-refractivity contribution in [3.8, 4) is 5.75 Å². The van der Waals surface area contributed by atoms with Crippen LogP contribution in [0, 0.1) is 6.92 Å². The first-order valence-electron chi connectivity index (χ1n) is 13.3. The van der Waals surface area contributed by atoms with Crippen molar-refractivity contribution in [3.05, 3.63) is 65.4 Å². The van der Waals surface area contributed by atoms with Gasteiger partial charge in [-0.2, -0.15) is 0 Å². The Kier molecular flexibility index (Phi) is 6.78. The Bertz CT molecular complexity index is 1270. The van der Waals surface area contributed by atoms with Crippen LogP contribution in [0.25, 0.3) is 10.9 Å². The number of hydrogen-bond acceptors (Lipinski definition) is 3. The summed E-state index contributed by atoms with van der Waals surface area (Å²) in [5, 5.41) is 4.34. The maximum absolute atomic E-state index is 14.1. The molecule has 5 rings (SSSR count). The van der Waals surface area contributed by atoms with Crippen LogP contribution in [0.2, 0.25) is 0 Å². The minimum Gasteiger partial charge on any atom is -0.497 e. The Balaban J connectivity index is 1.55. The van der Waals surface area contributed by atoms with Crippen molar-refractivity contribution >= 4 is 22.7 Å². The lowest BCUT2D eigenvalue weighted by molar-refractivity contribution is -0.134. The van der Waals surface area contributed by atoms with E-state index in [-0.39, 0.29) is 17.9 Å². The van der Waals surface area contributed by atoms with Crippen molar-refractivity contribution < 1.29 is 14.3 Å². The van der Waals surface area contributed by atoms with Crippen molar-refractivity contribution in [2.75, 3.05) is 7.11 Å². The average molecular weight is 488 g/mol. The summed E-state index contributed by atoms with van der Waals surface area (Å²) in [4.78, 5) is 29.9. The van der Waals surface area contributed by atoms with E-state index in [2.05, 4.69) is 18.3 Å². The molecule has 1 atom stereocenters. The Morgan fingerprint density at radius 2 is 1.78 bits per heavy atom. The highest BCUT2D eigenvalue weighted by Crippen LogP contribution is 2.35. The monoisotopic (exact) mass is 487 g/mol. The molecule has 1 aliphatic heterocycles. The maximum Gasteiger partial charge on any atom is 0.271 e. The van der Waals surface area contributed by atoms with E-state index < -0.39 is 5.54 Å². The van der Waals surface area contributed by atoms with Crippen LogP contribution in [0.4, 0.5) is 0 Å². The van der Waals surface area contributed by atoms with Crippen LogP contribution in [0.5, 0.6) is 5.75 Å². The number of aromatic nitrogens is 1. The van der Waals surface area contributed by atoms with Crippen LogP contribution in [0.15, 0.2) is 48.5 Å². The van der Waals surface area contributed by atoms with Crippen LogP contribution in [0.3, 0.4) is 0 Å². The van der Waals surface area contributed by atoms with Gasteiger partial charge in [-0.25, -0.2) is 0 Å². The summed E-state index contributed by atoms with van der Waals surface area (Å²) in [6, 6.07) is 16.0. The third kappa shape index (κ3) is 4.49. The fraction of sp³-hybridized carbons (Fsp3) is 0.467. The number of fused-ring (bicyclic) bond motifs is 3. The normalized spacial score (nSPS) is 21.1. The summed E-state index contributed by atoms with van der Waals surface area (Å²) in [5.74, 6) is 0.555. The number of amides is 2. The molecule has 190 valence electrons. The fourth-order valence-corrected chi connectivity index (χ4v) is 5.80. The van der Waals surface area contributed by atoms with Gasteiger partial charge in [-0.05, 0) is 56.0 Å². The van der Waals surface area contributed by atoms with E-state index in [1.54, 1.807) is 12.0 Å². The molecule has 6 heteroatoms. The van der Waals surface area contributed by atoms with Crippen LogP contribution in [-0.4, -0.2) is 40.0 Å². The van der Waals surface area contributed by atoms with Crippen molar-refractivity contribution in [2.45, 2.75) is 83.5 Å². The topological polar surface area (TPSA) is 63.6 Å². The molecule has 0 bridgehead atoms. The van der Waals surface area contributed by atoms with Crippen LogP contribution < -0.4 is 10.1 Å². The second-order valence-corrected chi connectivity index (χ2v) is 10.6. The molecule has 1 aromatic heterocycles. The first kappa shape index (κ1) is 24.4. The zero-order valence-corrected chi connectivity index (χ0v) is 21.7. The predicted molar refractivity (Wildman–Crippen MR) is 142 cm³/mol. The molecule has 6 nitrogen and oxygen atoms in total. The molecule has 0 unspecified atom stereocenters. The number of aryl methyl sites for hydroxylation is 1. The second-order valence-electron chi connectivity index (χ2n) is 10.6. The largest absolute Gasteiger partial charge is 0.497 e. The second kappa shape index (κ2) is 10.00. The molecule has 0 saturated heterocycles. The predicted octanol–water partition coefficient (Wildman–Crippen LogP) is 5.60. The molecular formula is C30H37N3O3. The number of carbonyl (C=O) groups is 2. The molecule has 0 spiro atoms. The van der Waals surface area contributed by atoms with Gasteiger partial charge in [0.2, 0.25) is 5.91 Å². The van der Waals surface area contributed by atoms with E-state index in [9.17, 15) is 9.59 Å². The van der Waals surface area contributed by atoms with Gasteiger partial charge in [0, 0.05) is 24.0 Å². The summed E-state index contributed by atoms with van der Waals surface area (Å²) < 4.78 is 7.46. The smallest absolute Gasteiger partial charge is 0.271 e. The zero-order valence-electron chi connectivity index (χ0n) is 21.7. The summed E-state index contributed by atoms with van der Waals surface area (Å²) in [5.41, 5.74) is 2.68. The Hall–Kier alpha value is -3.28. The minimum absolute atomic E-state index is 0.0644. The van der Waals surface area contributed by atoms with Crippen LogP contribution in [0.1, 0.15) is 73.5 Å². The first-order valence-corrected chi connectivity index (χ1v) is 13.3. The SMILES string of the molecule is COc1ccc2cc3n(c2c1)C[C@](C)(C(=O)NC1CCCCCCC1)N(Cc1ccccc1C)C3=O. The first-order chi connectivity index (χ1) is 17.4. The highest BCUT2D eigenvalue weighted by atomic mass is 16.5. The number of nitrogens with one attached hydrogen (secondary N) is 1. The standard InChI is InChI=1S/C30H37N3O3/c1-21-11-9-10-12-23(21)19-33-28(34)27-17-22-15-16-25(36-3)18-26(22)32(27)20-30(33,2)29(35)31-24-13-7-5-4-6-8-14-24/h9-12,15-18,24H,4-8,13-14,19-20H2,1-3H3,(H,31,35)/t30-/m1/s1. The number of nitrogens with zero attached hydrogens (tertiary/aromatic N) is 2. The lowest BCUT2D eigenvalue weighted by Crippen LogP contribution is -2.64. The van der Waals surface area contributed by atoms with Gasteiger partial charge in [0.05, 0.1) is 19.2 Å². The molecule has 0 radical (unpaired) electrons. The van der Waals surface area contributed by atoms with Crippen LogP contribution >= 0.6 is 0 Å². The Labute approximate surface area is 213 Å². The third-order valence-electron chi connectivity index (χ3n) is 8.16. The van der Waals surface area contributed by atoms with Gasteiger partial charge in [0.25, 0.3) is 5.91 Å². The molecule has 1 aliphatic carbocycles. The van der Waals surface area contributed by atoms with Crippen molar-refractivity contribution in [2.24, 2.45) is 0 Å². The molecule has 1 saturated carbocycles. The molecule has 1 fully saturated rings. The van der Waals surface area contributed by atoms with Crippen molar-refractivity contribution in [3.63, 3.8) is 0 Å². The molecule has 2 amide bonds. The third-order valence-corrected chi connectivity index (χ3v) is 8.16. The lowest BCUT2D eigenvalue weighted by Gasteiger charge is -2.45. The van der Waals surface area contributed by atoms with E-state index in [4.69, 9.17) is 4.74 Å². The Morgan fingerprint density at radius 3 is 2.50 bits per heavy atom. The molecule has 36 heavy (non-hydrogen) atoms. The van der Waals surface area contributed by atoms with Gasteiger partial charge in [-0.15, -0.1) is 0 Å². The number of hydrogen-bond donors (Lipinski definition) is 1. The Morgan fingerprint density at radius 1 is 1.06 bits per heavy atom. The van der Waals surface area contributed by atoms with Crippen molar-refractivity contribution in [1.82, 2.24) is 14.8 Å². The zero-order chi connectivity index (χ0) is 25.3. The van der Waals surface area contributed by atoms with E-state index in [0.717, 1.165) is 53.5 Å². The summed E-state index contributed by atoms with van der Waals surface area (Å²) >= 11 is 0. The molecule has 1 N–H and O–H groups in total. The van der Waals surface area contributed by atoms with E-state index in [1.165, 1.54) is 19.3 Å². The van der Waals surface area contributed by atoms with Gasteiger partial charge in [-0.3, -0.25) is 9.59 Å². The molecule has 2 heterocycles. The molecule has 2 aromatic carbocycles. The fourth-order valence-electron chi connectivity index (χ4n) is 5.80. The van der Waals surface area contributed by atoms with Crippen molar-refractivity contribution in [1.29, 1.82) is 0 Å². The van der Waals surface area contributed by atoms with E-state index in [1.807, 2.05) is 54.0 Å². The highest BCUT2D eigenvalue weighted by Gasteiger charge is 2.48. The summed E-state index contributed by atoms with van der Waals surface area (Å²) in [6.45, 7) is 4.77. The summed E-state index contributed by atoms with van der Waals surface area (Å²) in [7, 11) is 1.64. The van der Waals surface area contributed by atoms with Gasteiger partial charge in [0.1, 0.15) is 17.0 Å². The van der Waals surface area contributed by atoms with Crippen LogP contribution in [-0.2, 0) is 17.9 Å². The van der Waals surface area contributed by atoms with E-state index in [0.29, 0.717) is 18.8 Å². The summed E-state index contributed by atoms with van der Waals surface area (Å²) in [6.07, 6.45) is 8.01. The molecular weight excluding hydrogens is 450 g/mol. The number of carbonyl (C=O) groups excluding carboxylic acids is 2. The quantitative estimate of drug-likeness (QED) is 0.509. The highest BCUT2D eigenvalue weighted by molar-refractivity contribution is 6.03. The van der Waals surface area contributed by atoms with Gasteiger partial charge in [-0.1, -0.05) is 56.4 Å².